The van der Waals surface area contributed by atoms with Gasteiger partial charge in [0.2, 0.25) is 11.8 Å². The SMILES string of the molecule is O=C1CC[C@H](N2Cc3c(ccc4c3OCC43CCN(Cc4cnn(CC5CCOCC5)c4)CC3(F)F)C2=O)C(=O)N1. The van der Waals surface area contributed by atoms with Gasteiger partial charge in [0.15, 0.2) is 0 Å². The summed E-state index contributed by atoms with van der Waals surface area (Å²) in [6.07, 6.45) is 6.34. The fourth-order valence-electron chi connectivity index (χ4n) is 7.16. The number of fused-ring (bicyclic) bond motifs is 4. The maximum atomic E-state index is 16.1. The average Bonchev–Trinajstić information content (AvgIpc) is 3.64. The maximum absolute atomic E-state index is 16.1. The second-order valence-electron chi connectivity index (χ2n) is 12.0. The van der Waals surface area contributed by atoms with Gasteiger partial charge in [-0.3, -0.25) is 29.3 Å². The van der Waals surface area contributed by atoms with E-state index in [4.69, 9.17) is 9.47 Å². The van der Waals surface area contributed by atoms with E-state index in [1.807, 2.05) is 10.9 Å². The summed E-state index contributed by atoms with van der Waals surface area (Å²) in [6.45, 7) is 2.75. The molecule has 1 unspecified atom stereocenters. The lowest BCUT2D eigenvalue weighted by molar-refractivity contribution is -0.137. The lowest BCUT2D eigenvalue weighted by Gasteiger charge is -2.44. The van der Waals surface area contributed by atoms with Gasteiger partial charge in [0, 0.05) is 61.2 Å². The highest BCUT2D eigenvalue weighted by molar-refractivity contribution is 6.05. The molecule has 218 valence electrons. The Bertz CT molecular complexity index is 1410. The van der Waals surface area contributed by atoms with Crippen molar-refractivity contribution in [3.05, 3.63) is 46.8 Å². The number of likely N-dealkylation sites (tertiary alicyclic amines) is 1. The number of amides is 3. The van der Waals surface area contributed by atoms with Crippen LogP contribution in [0.4, 0.5) is 8.78 Å². The van der Waals surface area contributed by atoms with E-state index >= 15 is 8.78 Å². The normalized spacial score (nSPS) is 28.1. The van der Waals surface area contributed by atoms with Gasteiger partial charge in [-0.2, -0.15) is 5.10 Å². The van der Waals surface area contributed by atoms with Crippen LogP contribution >= 0.6 is 0 Å². The predicted molar refractivity (Wildman–Crippen MR) is 140 cm³/mol. The van der Waals surface area contributed by atoms with Gasteiger partial charge in [0.25, 0.3) is 11.8 Å². The maximum Gasteiger partial charge on any atom is 0.273 e. The first-order valence-electron chi connectivity index (χ1n) is 14.4. The molecule has 5 aliphatic rings. The number of hydrogen-bond acceptors (Lipinski definition) is 7. The van der Waals surface area contributed by atoms with Crippen LogP contribution in [0.5, 0.6) is 5.75 Å². The monoisotopic (exact) mass is 569 g/mol. The summed E-state index contributed by atoms with van der Waals surface area (Å²) in [5.74, 6) is -3.42. The molecular weight excluding hydrogens is 536 g/mol. The third-order valence-electron chi connectivity index (χ3n) is 9.50. The summed E-state index contributed by atoms with van der Waals surface area (Å²) in [5, 5.41) is 6.76. The van der Waals surface area contributed by atoms with E-state index in [0.717, 1.165) is 38.2 Å². The first kappa shape index (κ1) is 26.5. The molecule has 1 aromatic heterocycles. The Morgan fingerprint density at radius 1 is 1.12 bits per heavy atom. The minimum atomic E-state index is -3.06. The number of aromatic nitrogens is 2. The van der Waals surface area contributed by atoms with Crippen molar-refractivity contribution < 1.29 is 32.6 Å². The van der Waals surface area contributed by atoms with Gasteiger partial charge >= 0.3 is 0 Å². The number of alkyl halides is 2. The van der Waals surface area contributed by atoms with Crippen LogP contribution in [0.25, 0.3) is 0 Å². The smallest absolute Gasteiger partial charge is 0.273 e. The van der Waals surface area contributed by atoms with Gasteiger partial charge in [-0.05, 0) is 44.2 Å². The molecular formula is C29H33F2N5O5. The molecule has 2 atom stereocenters. The largest absolute Gasteiger partial charge is 0.492 e. The lowest BCUT2D eigenvalue weighted by atomic mass is 9.71. The quantitative estimate of drug-likeness (QED) is 0.551. The standard InChI is InChI=1S/C29H33F2N5O5/c30-29(31)16-34(12-19-11-32-35(14-19)13-18-5-9-40-10-6-18)8-7-28(29)17-41-25-21-15-36(23-3-4-24(37)33-26(23)38)27(39)20(21)1-2-22(25)28/h1-2,11,14,18,23H,3-10,12-13,15-17H2,(H,33,37,38)/t23-,28?/m0/s1. The summed E-state index contributed by atoms with van der Waals surface area (Å²) in [6, 6.07) is 2.43. The second kappa shape index (κ2) is 9.87. The fraction of sp³-hybridized carbons (Fsp3) is 0.586. The summed E-state index contributed by atoms with van der Waals surface area (Å²) >= 11 is 0. The van der Waals surface area contributed by atoms with Crippen LogP contribution in [0.3, 0.4) is 0 Å². The Morgan fingerprint density at radius 3 is 2.73 bits per heavy atom. The third kappa shape index (κ3) is 4.42. The van der Waals surface area contributed by atoms with Crippen LogP contribution in [0.15, 0.2) is 24.5 Å². The number of imide groups is 1. The minimum absolute atomic E-state index is 0.0925. The molecule has 1 N–H and O–H groups in total. The highest BCUT2D eigenvalue weighted by Gasteiger charge is 2.62. The Balaban J connectivity index is 1.06. The van der Waals surface area contributed by atoms with E-state index in [0.29, 0.717) is 41.4 Å². The van der Waals surface area contributed by atoms with E-state index < -0.39 is 29.8 Å². The van der Waals surface area contributed by atoms with E-state index in [2.05, 4.69) is 10.4 Å². The predicted octanol–water partition coefficient (Wildman–Crippen LogP) is 2.24. The van der Waals surface area contributed by atoms with Crippen molar-refractivity contribution in [1.82, 2.24) is 24.9 Å². The van der Waals surface area contributed by atoms with Crippen molar-refractivity contribution in [3.8, 4) is 5.75 Å². The molecule has 6 heterocycles. The minimum Gasteiger partial charge on any atom is -0.492 e. The van der Waals surface area contributed by atoms with Gasteiger partial charge in [0.05, 0.1) is 24.7 Å². The molecule has 5 aliphatic heterocycles. The number of halogens is 2. The highest BCUT2D eigenvalue weighted by atomic mass is 19.3. The van der Waals surface area contributed by atoms with Crippen molar-refractivity contribution in [3.63, 3.8) is 0 Å². The molecule has 10 nitrogen and oxygen atoms in total. The number of piperidine rings is 2. The van der Waals surface area contributed by atoms with Crippen LogP contribution in [0, 0.1) is 5.92 Å². The molecule has 7 rings (SSSR count). The molecule has 0 saturated carbocycles. The van der Waals surface area contributed by atoms with Crippen LogP contribution < -0.4 is 10.1 Å². The van der Waals surface area contributed by atoms with Crippen molar-refractivity contribution in [1.29, 1.82) is 0 Å². The number of nitrogens with one attached hydrogen (secondary N) is 1. The fourth-order valence-corrected chi connectivity index (χ4v) is 7.16. The number of hydrogen-bond donors (Lipinski definition) is 1. The van der Waals surface area contributed by atoms with Crippen LogP contribution in [-0.4, -0.2) is 82.2 Å². The Labute approximate surface area is 235 Å². The number of carbonyl (C=O) groups excluding carboxylic acids is 3. The van der Waals surface area contributed by atoms with Gasteiger partial charge in [0.1, 0.15) is 18.4 Å². The van der Waals surface area contributed by atoms with Gasteiger partial charge in [-0.1, -0.05) is 6.07 Å². The number of nitrogens with zero attached hydrogens (tertiary/aromatic N) is 4. The molecule has 0 radical (unpaired) electrons. The van der Waals surface area contributed by atoms with Gasteiger partial charge < -0.3 is 14.4 Å². The zero-order chi connectivity index (χ0) is 28.4. The van der Waals surface area contributed by atoms with E-state index in [-0.39, 0.29) is 44.2 Å². The van der Waals surface area contributed by atoms with E-state index in [1.54, 1.807) is 23.2 Å². The first-order chi connectivity index (χ1) is 19.7. The van der Waals surface area contributed by atoms with Gasteiger partial charge in [-0.15, -0.1) is 0 Å². The molecule has 0 aliphatic carbocycles. The Hall–Kier alpha value is -3.38. The third-order valence-corrected chi connectivity index (χ3v) is 9.50. The second-order valence-corrected chi connectivity index (χ2v) is 12.0. The molecule has 3 saturated heterocycles. The Morgan fingerprint density at radius 2 is 1.95 bits per heavy atom. The Kier molecular flexibility index (Phi) is 6.38. The van der Waals surface area contributed by atoms with Crippen molar-refractivity contribution in [2.75, 3.05) is 32.9 Å². The van der Waals surface area contributed by atoms with Gasteiger partial charge in [-0.25, -0.2) is 8.78 Å². The summed E-state index contributed by atoms with van der Waals surface area (Å²) < 4.78 is 45.5. The lowest BCUT2D eigenvalue weighted by Crippen LogP contribution is -2.58. The number of benzene rings is 1. The zero-order valence-corrected chi connectivity index (χ0v) is 22.7. The molecule has 2 aromatic rings. The number of carbonyl (C=O) groups is 3. The van der Waals surface area contributed by atoms with Crippen molar-refractivity contribution in [2.45, 2.75) is 69.1 Å². The van der Waals surface area contributed by atoms with E-state index in [1.165, 1.54) is 4.90 Å². The number of ether oxygens (including phenoxy) is 2. The average molecular weight is 570 g/mol. The molecule has 3 fully saturated rings. The van der Waals surface area contributed by atoms with Crippen molar-refractivity contribution in [2.24, 2.45) is 5.92 Å². The zero-order valence-electron chi connectivity index (χ0n) is 22.7. The molecule has 3 amide bonds. The molecule has 12 heteroatoms. The molecule has 1 spiro atoms. The highest BCUT2D eigenvalue weighted by Crippen LogP contribution is 2.55. The number of rotatable bonds is 5. The molecule has 41 heavy (non-hydrogen) atoms. The van der Waals surface area contributed by atoms with Crippen LogP contribution in [0.2, 0.25) is 0 Å². The summed E-state index contributed by atoms with van der Waals surface area (Å²) in [4.78, 5) is 40.4. The van der Waals surface area contributed by atoms with Crippen LogP contribution in [0.1, 0.15) is 59.2 Å². The summed E-state index contributed by atoms with van der Waals surface area (Å²) in [7, 11) is 0. The first-order valence-corrected chi connectivity index (χ1v) is 14.4. The summed E-state index contributed by atoms with van der Waals surface area (Å²) in [5.41, 5.74) is 0.778. The molecule has 1 aromatic carbocycles. The topological polar surface area (TPSA) is 106 Å². The van der Waals surface area contributed by atoms with Crippen molar-refractivity contribution >= 4 is 17.7 Å². The van der Waals surface area contributed by atoms with E-state index in [9.17, 15) is 14.4 Å². The van der Waals surface area contributed by atoms with Crippen LogP contribution in [-0.2, 0) is 39.4 Å². The molecule has 0 bridgehead atoms.